The maximum Gasteiger partial charge on any atom is 0.384 e. The average molecular weight is 325 g/mol. The number of hydrogen-bond donors (Lipinski definition) is 0. The van der Waals surface area contributed by atoms with E-state index in [4.69, 9.17) is 32.1 Å². The van der Waals surface area contributed by atoms with Gasteiger partial charge in [0.25, 0.3) is 0 Å². The van der Waals surface area contributed by atoms with Gasteiger partial charge in [0.1, 0.15) is 11.5 Å². The van der Waals surface area contributed by atoms with Gasteiger partial charge in [-0.2, -0.15) is 0 Å². The molecule has 104 valence electrons. The van der Waals surface area contributed by atoms with Crippen molar-refractivity contribution in [1.82, 2.24) is 0 Å². The van der Waals surface area contributed by atoms with E-state index in [-0.39, 0.29) is 5.41 Å². The van der Waals surface area contributed by atoms with Gasteiger partial charge in [-0.05, 0) is 46.6 Å². The molecule has 0 unspecified atom stereocenters. The van der Waals surface area contributed by atoms with Gasteiger partial charge in [-0.3, -0.25) is 0 Å². The van der Waals surface area contributed by atoms with E-state index in [2.05, 4.69) is 13.8 Å². The first-order valence-electron chi connectivity index (χ1n) is 6.27. The summed E-state index contributed by atoms with van der Waals surface area (Å²) in [5.41, 5.74) is 2.33. The molecule has 0 saturated heterocycles. The Balaban J connectivity index is 2.20. The standard InChI is InChI=1S/C15H14ClO2PS/c1-15(2)11-3-7-13(8-4-11)17-19(16,20)18-14-9-5-12(15)6-10-14/h3-10H,1-2H3. The third kappa shape index (κ3) is 2.58. The van der Waals surface area contributed by atoms with Crippen LogP contribution in [0.2, 0.25) is 0 Å². The fraction of sp³-hybridized carbons (Fsp3) is 0.200. The minimum Gasteiger partial charge on any atom is -0.425 e. The third-order valence-corrected chi connectivity index (χ3v) is 5.30. The van der Waals surface area contributed by atoms with Gasteiger partial charge in [-0.15, -0.1) is 0 Å². The molecule has 0 aromatic heterocycles. The minimum atomic E-state index is -2.86. The zero-order valence-corrected chi connectivity index (χ0v) is 13.6. The van der Waals surface area contributed by atoms with Crippen molar-refractivity contribution in [3.05, 3.63) is 59.7 Å². The van der Waals surface area contributed by atoms with Crippen LogP contribution in [0.15, 0.2) is 48.5 Å². The first-order chi connectivity index (χ1) is 9.37. The lowest BCUT2D eigenvalue weighted by molar-refractivity contribution is 0.502. The van der Waals surface area contributed by atoms with Crippen molar-refractivity contribution in [3.8, 4) is 11.5 Å². The largest absolute Gasteiger partial charge is 0.425 e. The predicted octanol–water partition coefficient (Wildman–Crippen LogP) is 5.25. The molecule has 0 fully saturated rings. The summed E-state index contributed by atoms with van der Waals surface area (Å²) in [6, 6.07) is 15.7. The van der Waals surface area contributed by atoms with E-state index in [1.165, 1.54) is 11.1 Å². The minimum absolute atomic E-state index is 0.0859. The van der Waals surface area contributed by atoms with E-state index in [0.717, 1.165) is 0 Å². The van der Waals surface area contributed by atoms with Gasteiger partial charge in [0.05, 0.1) is 0 Å². The quantitative estimate of drug-likeness (QED) is 0.617. The molecule has 5 heteroatoms. The van der Waals surface area contributed by atoms with Gasteiger partial charge in [0.15, 0.2) is 0 Å². The summed E-state index contributed by atoms with van der Waals surface area (Å²) in [4.78, 5) is 0. The average Bonchev–Trinajstić information content (AvgIpc) is 2.38. The van der Waals surface area contributed by atoms with Gasteiger partial charge < -0.3 is 9.05 Å². The Morgan fingerprint density at radius 1 is 0.850 bits per heavy atom. The summed E-state index contributed by atoms with van der Waals surface area (Å²) in [6.45, 7) is 4.38. The molecule has 2 nitrogen and oxygen atoms in total. The number of rotatable bonds is 0. The molecular formula is C15H14ClO2PS. The van der Waals surface area contributed by atoms with Crippen molar-refractivity contribution in [3.63, 3.8) is 0 Å². The molecule has 0 amide bonds. The molecule has 4 aliphatic heterocycles. The van der Waals surface area contributed by atoms with Gasteiger partial charge in [0.2, 0.25) is 0 Å². The van der Waals surface area contributed by atoms with Crippen LogP contribution in [0.3, 0.4) is 0 Å². The Morgan fingerprint density at radius 3 is 1.55 bits per heavy atom. The van der Waals surface area contributed by atoms with Crippen molar-refractivity contribution >= 4 is 28.9 Å². The molecule has 6 rings (SSSR count). The summed E-state index contributed by atoms with van der Waals surface area (Å²) >= 11 is 11.4. The summed E-state index contributed by atoms with van der Waals surface area (Å²) in [5.74, 6) is -1.58. The highest BCUT2D eigenvalue weighted by Gasteiger charge is 2.26. The topological polar surface area (TPSA) is 18.5 Å². The van der Waals surface area contributed by atoms with E-state index >= 15 is 0 Å². The highest BCUT2D eigenvalue weighted by molar-refractivity contribution is 8.22. The SMILES string of the molecule is CC1(C)c2ccc(cc2)OP(=S)(Cl)Oc2ccc1cc2. The summed E-state index contributed by atoms with van der Waals surface area (Å²) in [5, 5.41) is 0. The van der Waals surface area contributed by atoms with Gasteiger partial charge in [0, 0.05) is 17.2 Å². The van der Waals surface area contributed by atoms with Gasteiger partial charge in [-0.25, -0.2) is 0 Å². The van der Waals surface area contributed by atoms with Crippen molar-refractivity contribution in [2.45, 2.75) is 19.3 Å². The molecule has 0 saturated carbocycles. The van der Waals surface area contributed by atoms with Crippen LogP contribution in [-0.2, 0) is 17.2 Å². The monoisotopic (exact) mass is 324 g/mol. The fourth-order valence-corrected chi connectivity index (χ4v) is 4.08. The molecule has 4 bridgehead atoms. The van der Waals surface area contributed by atoms with Crippen LogP contribution >= 0.6 is 17.1 Å². The van der Waals surface area contributed by atoms with E-state index < -0.39 is 5.84 Å². The van der Waals surface area contributed by atoms with Crippen LogP contribution in [0.1, 0.15) is 25.0 Å². The van der Waals surface area contributed by atoms with E-state index in [0.29, 0.717) is 11.5 Å². The molecule has 20 heavy (non-hydrogen) atoms. The Kier molecular flexibility index (Phi) is 3.32. The lowest BCUT2D eigenvalue weighted by atomic mass is 9.78. The van der Waals surface area contributed by atoms with Crippen LogP contribution in [0.25, 0.3) is 0 Å². The summed E-state index contributed by atoms with van der Waals surface area (Å²) < 4.78 is 11.2. The molecule has 4 aliphatic rings. The molecule has 0 atom stereocenters. The summed E-state index contributed by atoms with van der Waals surface area (Å²) in [6.07, 6.45) is 0. The smallest absolute Gasteiger partial charge is 0.384 e. The second kappa shape index (κ2) is 4.77. The molecule has 0 aliphatic carbocycles. The first kappa shape index (κ1) is 13.9. The maximum atomic E-state index is 6.20. The van der Waals surface area contributed by atoms with Crippen LogP contribution in [-0.4, -0.2) is 0 Å². The Hall–Kier alpha value is -1.02. The molecule has 4 heterocycles. The zero-order valence-electron chi connectivity index (χ0n) is 11.2. The van der Waals surface area contributed by atoms with Crippen molar-refractivity contribution in [2.75, 3.05) is 0 Å². The predicted molar refractivity (Wildman–Crippen MR) is 86.4 cm³/mol. The van der Waals surface area contributed by atoms with Crippen molar-refractivity contribution in [2.24, 2.45) is 0 Å². The van der Waals surface area contributed by atoms with Crippen LogP contribution in [0, 0.1) is 0 Å². The lowest BCUT2D eigenvalue weighted by Gasteiger charge is -2.28. The molecular weight excluding hydrogens is 311 g/mol. The highest BCUT2D eigenvalue weighted by atomic mass is 35.7. The van der Waals surface area contributed by atoms with Crippen molar-refractivity contribution < 1.29 is 9.05 Å². The number of halogens is 1. The normalized spacial score (nSPS) is 18.6. The molecule has 0 radical (unpaired) electrons. The fourth-order valence-electron chi connectivity index (χ4n) is 2.30. The summed E-state index contributed by atoms with van der Waals surface area (Å²) in [7, 11) is 0. The van der Waals surface area contributed by atoms with E-state index in [9.17, 15) is 0 Å². The lowest BCUT2D eigenvalue weighted by Crippen LogP contribution is -2.18. The van der Waals surface area contributed by atoms with Crippen LogP contribution in [0.5, 0.6) is 11.5 Å². The molecule has 2 aromatic rings. The highest BCUT2D eigenvalue weighted by Crippen LogP contribution is 2.54. The van der Waals surface area contributed by atoms with Gasteiger partial charge >= 0.3 is 5.84 Å². The van der Waals surface area contributed by atoms with E-state index in [1.54, 1.807) is 0 Å². The Morgan fingerprint density at radius 2 is 1.20 bits per heavy atom. The second-order valence-electron chi connectivity index (χ2n) is 5.29. The Bertz CT molecular complexity index is 625. The first-order valence-corrected chi connectivity index (χ1v) is 9.81. The Labute approximate surface area is 128 Å². The van der Waals surface area contributed by atoms with Crippen LogP contribution in [0.4, 0.5) is 0 Å². The molecule has 2 aromatic carbocycles. The number of hydrogen-bond acceptors (Lipinski definition) is 3. The second-order valence-corrected chi connectivity index (χ2v) is 9.89. The van der Waals surface area contributed by atoms with Crippen LogP contribution < -0.4 is 9.05 Å². The third-order valence-electron chi connectivity index (χ3n) is 3.58. The maximum absolute atomic E-state index is 6.20. The molecule has 0 spiro atoms. The molecule has 0 N–H and O–H groups in total. The van der Waals surface area contributed by atoms with Gasteiger partial charge in [-0.1, -0.05) is 38.1 Å². The number of benzene rings is 2. The van der Waals surface area contributed by atoms with Crippen molar-refractivity contribution in [1.29, 1.82) is 0 Å². The van der Waals surface area contributed by atoms with E-state index in [1.807, 2.05) is 48.5 Å². The zero-order chi connectivity index (χ0) is 14.4.